The number of nitrogens with zero attached hydrogens (tertiary/aromatic N) is 2. The van der Waals surface area contributed by atoms with Crippen molar-refractivity contribution in [2.45, 2.75) is 27.7 Å². The minimum Gasteiger partial charge on any atom is -0.504 e. The van der Waals surface area contributed by atoms with Gasteiger partial charge in [-0.15, -0.1) is 0 Å². The third-order valence-electron chi connectivity index (χ3n) is 1.73. The zero-order chi connectivity index (χ0) is 11.8. The Balaban J connectivity index is 0.000000921. The second-order valence-corrected chi connectivity index (χ2v) is 2.58. The number of aromatic hydroxyl groups is 1. The molecule has 1 heterocycles. The molecule has 1 N–H and O–H groups in total. The fourth-order valence-corrected chi connectivity index (χ4v) is 1.11. The fraction of sp³-hybridized carbons (Fsp3) is 0.333. The molecular formula is C12H18N2O. The third-order valence-corrected chi connectivity index (χ3v) is 1.73. The predicted octanol–water partition coefficient (Wildman–Crippen LogP) is 3.49. The maximum Gasteiger partial charge on any atom is 0.160 e. The topological polar surface area (TPSA) is 45.5 Å². The van der Waals surface area contributed by atoms with Crippen molar-refractivity contribution in [1.82, 2.24) is 4.98 Å². The van der Waals surface area contributed by atoms with E-state index in [0.717, 1.165) is 11.3 Å². The van der Waals surface area contributed by atoms with Crippen LogP contribution in [-0.4, -0.2) is 16.3 Å². The van der Waals surface area contributed by atoms with Crippen molar-refractivity contribution in [1.29, 1.82) is 0 Å². The summed E-state index contributed by atoms with van der Waals surface area (Å²) >= 11 is 0. The first-order valence-electron chi connectivity index (χ1n) is 5.00. The van der Waals surface area contributed by atoms with Crippen LogP contribution in [0.1, 0.15) is 32.0 Å². The molecule has 1 rings (SSSR count). The van der Waals surface area contributed by atoms with Crippen LogP contribution < -0.4 is 0 Å². The van der Waals surface area contributed by atoms with Crippen molar-refractivity contribution < 1.29 is 5.11 Å². The Morgan fingerprint density at radius 2 is 2.07 bits per heavy atom. The number of hydrogen-bond acceptors (Lipinski definition) is 3. The van der Waals surface area contributed by atoms with Gasteiger partial charge in [0.25, 0.3) is 0 Å². The quantitative estimate of drug-likeness (QED) is 0.753. The van der Waals surface area contributed by atoms with Gasteiger partial charge in [-0.1, -0.05) is 26.5 Å². The summed E-state index contributed by atoms with van der Waals surface area (Å²) in [5.74, 6) is 0.0820. The van der Waals surface area contributed by atoms with Crippen LogP contribution in [0.25, 0.3) is 6.08 Å². The van der Waals surface area contributed by atoms with Gasteiger partial charge >= 0.3 is 0 Å². The minimum absolute atomic E-state index is 0.0820. The molecule has 0 aliphatic rings. The van der Waals surface area contributed by atoms with Gasteiger partial charge in [0.05, 0.1) is 6.20 Å². The Morgan fingerprint density at radius 1 is 1.47 bits per heavy atom. The molecule has 0 amide bonds. The van der Waals surface area contributed by atoms with Gasteiger partial charge in [-0.25, -0.2) is 0 Å². The van der Waals surface area contributed by atoms with Crippen molar-refractivity contribution in [3.05, 3.63) is 24.0 Å². The lowest BCUT2D eigenvalue weighted by molar-refractivity contribution is 0.474. The van der Waals surface area contributed by atoms with Crippen molar-refractivity contribution in [3.8, 4) is 5.75 Å². The highest BCUT2D eigenvalue weighted by atomic mass is 16.3. The van der Waals surface area contributed by atoms with Crippen LogP contribution in [-0.2, 0) is 0 Å². The van der Waals surface area contributed by atoms with Crippen LogP contribution in [0.5, 0.6) is 5.75 Å². The van der Waals surface area contributed by atoms with E-state index in [1.165, 1.54) is 6.20 Å². The highest BCUT2D eigenvalue weighted by molar-refractivity contribution is 5.74. The first kappa shape index (κ1) is 13.4. The second-order valence-electron chi connectivity index (χ2n) is 2.58. The van der Waals surface area contributed by atoms with Crippen LogP contribution in [0.4, 0.5) is 5.69 Å². The zero-order valence-electron chi connectivity index (χ0n) is 9.78. The third kappa shape index (κ3) is 3.20. The van der Waals surface area contributed by atoms with Gasteiger partial charge in [0, 0.05) is 17.5 Å². The highest BCUT2D eigenvalue weighted by Gasteiger charge is 2.07. The van der Waals surface area contributed by atoms with E-state index in [4.69, 9.17) is 0 Å². The maximum atomic E-state index is 9.45. The van der Waals surface area contributed by atoms with E-state index in [0.29, 0.717) is 5.69 Å². The van der Waals surface area contributed by atoms with Crippen molar-refractivity contribution in [2.24, 2.45) is 4.99 Å². The van der Waals surface area contributed by atoms with E-state index in [9.17, 15) is 5.11 Å². The standard InChI is InChI=1S/C10H12N2O.C2H6/c1-4-8-7(3)12-6-9(13)10(8)11-5-2;1-2/h4-6,13H,1H2,2-3H3;1-2H3. The summed E-state index contributed by atoms with van der Waals surface area (Å²) in [5, 5.41) is 9.45. The molecule has 0 spiro atoms. The summed E-state index contributed by atoms with van der Waals surface area (Å²) in [6.07, 6.45) is 4.66. The van der Waals surface area contributed by atoms with Crippen LogP contribution in [0.15, 0.2) is 17.8 Å². The van der Waals surface area contributed by atoms with E-state index < -0.39 is 0 Å². The summed E-state index contributed by atoms with van der Waals surface area (Å²) in [5.41, 5.74) is 2.12. The Hall–Kier alpha value is -1.64. The van der Waals surface area contributed by atoms with Crippen LogP contribution in [0, 0.1) is 6.92 Å². The molecule has 0 aliphatic carbocycles. The molecule has 0 aromatic carbocycles. The van der Waals surface area contributed by atoms with Crippen molar-refractivity contribution in [3.63, 3.8) is 0 Å². The van der Waals surface area contributed by atoms with Crippen LogP contribution >= 0.6 is 0 Å². The van der Waals surface area contributed by atoms with Gasteiger partial charge in [-0.05, 0) is 13.8 Å². The zero-order valence-corrected chi connectivity index (χ0v) is 9.78. The van der Waals surface area contributed by atoms with Crippen LogP contribution in [0.3, 0.4) is 0 Å². The summed E-state index contributed by atoms with van der Waals surface area (Å²) in [4.78, 5) is 8.05. The molecule has 3 heteroatoms. The number of aliphatic imine (C=N–C) groups is 1. The van der Waals surface area contributed by atoms with Crippen molar-refractivity contribution in [2.75, 3.05) is 0 Å². The largest absolute Gasteiger partial charge is 0.504 e. The smallest absolute Gasteiger partial charge is 0.160 e. The summed E-state index contributed by atoms with van der Waals surface area (Å²) in [6, 6.07) is 0. The summed E-state index contributed by atoms with van der Waals surface area (Å²) in [7, 11) is 0. The molecular weight excluding hydrogens is 188 g/mol. The molecule has 15 heavy (non-hydrogen) atoms. The Bertz CT molecular complexity index is 357. The lowest BCUT2D eigenvalue weighted by Crippen LogP contribution is -1.87. The SMILES string of the molecule is C=Cc1c(C)ncc(O)c1N=CC.CC. The monoisotopic (exact) mass is 206 g/mol. The molecule has 0 aliphatic heterocycles. The van der Waals surface area contributed by atoms with Gasteiger partial charge in [0.1, 0.15) is 5.69 Å². The maximum absolute atomic E-state index is 9.45. The molecule has 0 bridgehead atoms. The van der Waals surface area contributed by atoms with E-state index in [-0.39, 0.29) is 5.75 Å². The molecule has 1 aromatic heterocycles. The lowest BCUT2D eigenvalue weighted by atomic mass is 10.1. The first-order valence-corrected chi connectivity index (χ1v) is 5.00. The number of rotatable bonds is 2. The molecule has 3 nitrogen and oxygen atoms in total. The molecule has 0 fully saturated rings. The number of aryl methyl sites for hydroxylation is 1. The fourth-order valence-electron chi connectivity index (χ4n) is 1.11. The van der Waals surface area contributed by atoms with E-state index in [1.54, 1.807) is 19.2 Å². The number of pyridine rings is 1. The Labute approximate surface area is 91.2 Å². The molecule has 0 saturated carbocycles. The molecule has 0 unspecified atom stereocenters. The molecule has 0 radical (unpaired) electrons. The molecule has 1 aromatic rings. The molecule has 0 saturated heterocycles. The number of hydrogen-bond donors (Lipinski definition) is 1. The first-order chi connectivity index (χ1) is 7.20. The summed E-state index contributed by atoms with van der Waals surface area (Å²) in [6.45, 7) is 11.3. The normalized spacial score (nSPS) is 9.60. The average Bonchev–Trinajstić information content (AvgIpc) is 2.27. The van der Waals surface area contributed by atoms with Gasteiger partial charge in [-0.3, -0.25) is 9.98 Å². The minimum atomic E-state index is 0.0820. The van der Waals surface area contributed by atoms with Crippen molar-refractivity contribution >= 4 is 18.0 Å². The van der Waals surface area contributed by atoms with Gasteiger partial charge < -0.3 is 5.11 Å². The Morgan fingerprint density at radius 3 is 2.53 bits per heavy atom. The van der Waals surface area contributed by atoms with E-state index in [1.807, 2.05) is 20.8 Å². The van der Waals surface area contributed by atoms with Gasteiger partial charge in [0.15, 0.2) is 5.75 Å². The van der Waals surface area contributed by atoms with Gasteiger partial charge in [-0.2, -0.15) is 0 Å². The molecule has 82 valence electrons. The highest BCUT2D eigenvalue weighted by Crippen LogP contribution is 2.31. The second kappa shape index (κ2) is 6.76. The Kier molecular flexibility index (Phi) is 6.02. The van der Waals surface area contributed by atoms with E-state index in [2.05, 4.69) is 16.6 Å². The van der Waals surface area contributed by atoms with Gasteiger partial charge in [0.2, 0.25) is 0 Å². The predicted molar refractivity (Wildman–Crippen MR) is 65.9 cm³/mol. The van der Waals surface area contributed by atoms with E-state index >= 15 is 0 Å². The summed E-state index contributed by atoms with van der Waals surface area (Å²) < 4.78 is 0. The van der Waals surface area contributed by atoms with Crippen LogP contribution in [0.2, 0.25) is 0 Å². The lowest BCUT2D eigenvalue weighted by Gasteiger charge is -2.05. The number of aromatic nitrogens is 1. The molecule has 0 atom stereocenters. The average molecular weight is 206 g/mol.